The molecule has 3 aromatic rings. The number of carbonyl (C=O) groups is 1. The number of hydrogen-bond acceptors (Lipinski definition) is 3. The maximum absolute atomic E-state index is 12.4. The molecule has 0 fully saturated rings. The van der Waals surface area contributed by atoms with Crippen molar-refractivity contribution in [2.45, 2.75) is 0 Å². The highest BCUT2D eigenvalue weighted by Gasteiger charge is 2.14. The van der Waals surface area contributed by atoms with Crippen LogP contribution in [0.25, 0.3) is 10.8 Å². The number of carbonyl (C=O) groups excluding carboxylic acids is 1. The summed E-state index contributed by atoms with van der Waals surface area (Å²) in [4.78, 5) is 12.4. The molecule has 3 aromatic carbocycles. The Hall–Kier alpha value is -2.52. The van der Waals surface area contributed by atoms with Crippen LogP contribution in [0.4, 0.5) is 0 Å². The molecule has 0 N–H and O–H groups in total. The first-order valence-electron chi connectivity index (χ1n) is 6.37. The molecule has 3 rings (SSSR count). The highest BCUT2D eigenvalue weighted by Crippen LogP contribution is 2.29. The monoisotopic (exact) mass is 298 g/mol. The third kappa shape index (κ3) is 2.69. The number of benzene rings is 3. The lowest BCUT2D eigenvalue weighted by Gasteiger charge is -2.09. The molecule has 0 atom stereocenters. The summed E-state index contributed by atoms with van der Waals surface area (Å²) >= 11 is 5.37. The Morgan fingerprint density at radius 1 is 0.810 bits per heavy atom. The van der Waals surface area contributed by atoms with Crippen molar-refractivity contribution in [2.75, 3.05) is 0 Å². The van der Waals surface area contributed by atoms with Gasteiger partial charge in [0, 0.05) is 0 Å². The first-order valence-corrected chi connectivity index (χ1v) is 6.68. The van der Waals surface area contributed by atoms with Crippen LogP contribution < -0.4 is 9.03 Å². The van der Waals surface area contributed by atoms with E-state index in [4.69, 9.17) is 16.6 Å². The van der Waals surface area contributed by atoms with E-state index in [2.05, 4.69) is 4.29 Å². The maximum atomic E-state index is 12.4. The average molecular weight is 299 g/mol. The van der Waals surface area contributed by atoms with Gasteiger partial charge in [-0.05, 0) is 29.0 Å². The largest absolute Gasteiger partial charge is 0.419 e. The minimum Gasteiger partial charge on any atom is -0.419 e. The van der Waals surface area contributed by atoms with E-state index >= 15 is 0 Å². The minimum atomic E-state index is -0.451. The summed E-state index contributed by atoms with van der Waals surface area (Å²) < 4.78 is 10.0. The molecule has 0 saturated heterocycles. The standard InChI is InChI=1S/C17H11ClO3/c18-21-16-11-4-3-10-15(16)20-17(19)14-9-5-7-12-6-1-2-8-13(12)14/h1-11H. The maximum Gasteiger partial charge on any atom is 0.344 e. The molecule has 0 aliphatic carbocycles. The zero-order chi connectivity index (χ0) is 14.7. The second kappa shape index (κ2) is 5.85. The van der Waals surface area contributed by atoms with Gasteiger partial charge in [0.2, 0.25) is 0 Å². The van der Waals surface area contributed by atoms with Gasteiger partial charge in [-0.25, -0.2) is 4.79 Å². The molecule has 0 spiro atoms. The van der Waals surface area contributed by atoms with E-state index in [1.165, 1.54) is 0 Å². The smallest absolute Gasteiger partial charge is 0.344 e. The zero-order valence-electron chi connectivity index (χ0n) is 11.0. The Labute approximate surface area is 126 Å². The van der Waals surface area contributed by atoms with Crippen molar-refractivity contribution < 1.29 is 13.8 Å². The highest BCUT2D eigenvalue weighted by molar-refractivity contribution is 6.09. The normalized spacial score (nSPS) is 10.3. The predicted molar refractivity (Wildman–Crippen MR) is 81.8 cm³/mol. The molecule has 3 nitrogen and oxygen atoms in total. The molecule has 0 heterocycles. The molecule has 0 bridgehead atoms. The number of fused-ring (bicyclic) bond motifs is 1. The Balaban J connectivity index is 1.98. The van der Waals surface area contributed by atoms with E-state index in [1.807, 2.05) is 36.4 Å². The fourth-order valence-corrected chi connectivity index (χ4v) is 2.28. The van der Waals surface area contributed by atoms with Gasteiger partial charge in [0.15, 0.2) is 11.5 Å². The van der Waals surface area contributed by atoms with Gasteiger partial charge in [0.05, 0.1) is 5.56 Å². The number of para-hydroxylation sites is 2. The molecule has 0 radical (unpaired) electrons. The fraction of sp³-hybridized carbons (Fsp3) is 0. The van der Waals surface area contributed by atoms with E-state index < -0.39 is 5.97 Å². The Morgan fingerprint density at radius 3 is 2.29 bits per heavy atom. The average Bonchev–Trinajstić information content (AvgIpc) is 2.54. The van der Waals surface area contributed by atoms with Crippen molar-refractivity contribution in [2.24, 2.45) is 0 Å². The van der Waals surface area contributed by atoms with E-state index in [1.54, 1.807) is 30.3 Å². The van der Waals surface area contributed by atoms with Crippen LogP contribution in [0.3, 0.4) is 0 Å². The first kappa shape index (κ1) is 13.5. The molecule has 104 valence electrons. The van der Waals surface area contributed by atoms with Gasteiger partial charge >= 0.3 is 5.97 Å². The van der Waals surface area contributed by atoms with Gasteiger partial charge in [0.1, 0.15) is 11.9 Å². The molecule has 0 saturated carbocycles. The molecule has 0 aliphatic rings. The van der Waals surface area contributed by atoms with Gasteiger partial charge in [0.25, 0.3) is 0 Å². The van der Waals surface area contributed by atoms with Gasteiger partial charge in [-0.1, -0.05) is 48.5 Å². The van der Waals surface area contributed by atoms with Crippen LogP contribution in [0, 0.1) is 0 Å². The number of ether oxygens (including phenoxy) is 1. The van der Waals surface area contributed by atoms with Gasteiger partial charge in [-0.15, -0.1) is 0 Å². The molecule has 0 amide bonds. The first-order chi connectivity index (χ1) is 10.3. The van der Waals surface area contributed by atoms with E-state index in [0.717, 1.165) is 10.8 Å². The van der Waals surface area contributed by atoms with Crippen LogP contribution in [-0.2, 0) is 0 Å². The minimum absolute atomic E-state index is 0.283. The van der Waals surface area contributed by atoms with Gasteiger partial charge in [-0.2, -0.15) is 0 Å². The second-order valence-electron chi connectivity index (χ2n) is 4.44. The Bertz CT molecular complexity index is 793. The summed E-state index contributed by atoms with van der Waals surface area (Å²) in [6.45, 7) is 0. The molecular weight excluding hydrogens is 288 g/mol. The fourth-order valence-electron chi connectivity index (χ4n) is 2.16. The molecule has 0 aromatic heterocycles. The molecule has 4 heteroatoms. The van der Waals surface area contributed by atoms with Crippen LogP contribution in [0.5, 0.6) is 11.5 Å². The topological polar surface area (TPSA) is 35.5 Å². The van der Waals surface area contributed by atoms with Crippen molar-refractivity contribution in [3.05, 3.63) is 72.3 Å². The van der Waals surface area contributed by atoms with Crippen molar-refractivity contribution in [1.82, 2.24) is 0 Å². The van der Waals surface area contributed by atoms with E-state index in [9.17, 15) is 4.79 Å². The van der Waals surface area contributed by atoms with E-state index in [-0.39, 0.29) is 5.75 Å². The van der Waals surface area contributed by atoms with E-state index in [0.29, 0.717) is 11.3 Å². The summed E-state index contributed by atoms with van der Waals surface area (Å²) in [6.07, 6.45) is 0. The van der Waals surface area contributed by atoms with Crippen molar-refractivity contribution in [3.63, 3.8) is 0 Å². The summed E-state index contributed by atoms with van der Waals surface area (Å²) in [7, 11) is 0. The summed E-state index contributed by atoms with van der Waals surface area (Å²) in [6, 6.07) is 19.9. The number of esters is 1. The molecule has 0 unspecified atom stereocenters. The van der Waals surface area contributed by atoms with Gasteiger partial charge in [-0.3, -0.25) is 0 Å². The van der Waals surface area contributed by atoms with Gasteiger partial charge < -0.3 is 9.03 Å². The Kier molecular flexibility index (Phi) is 3.75. The third-order valence-electron chi connectivity index (χ3n) is 3.14. The summed E-state index contributed by atoms with van der Waals surface area (Å²) in [5, 5.41) is 1.82. The lowest BCUT2D eigenvalue weighted by molar-refractivity contribution is 0.0734. The quantitative estimate of drug-likeness (QED) is 0.524. The van der Waals surface area contributed by atoms with Crippen LogP contribution in [0.2, 0.25) is 0 Å². The summed E-state index contributed by atoms with van der Waals surface area (Å²) in [5.74, 6) is 0.131. The lowest BCUT2D eigenvalue weighted by atomic mass is 10.0. The molecular formula is C17H11ClO3. The lowest BCUT2D eigenvalue weighted by Crippen LogP contribution is -2.09. The molecule has 0 aliphatic heterocycles. The number of rotatable bonds is 3. The SMILES string of the molecule is O=C(Oc1ccccc1OCl)c1cccc2ccccc12. The third-order valence-corrected chi connectivity index (χ3v) is 3.31. The van der Waals surface area contributed by atoms with Crippen LogP contribution in [0.15, 0.2) is 66.7 Å². The zero-order valence-corrected chi connectivity index (χ0v) is 11.7. The number of halogens is 1. The van der Waals surface area contributed by atoms with Crippen LogP contribution in [0.1, 0.15) is 10.4 Å². The molecule has 21 heavy (non-hydrogen) atoms. The number of hydrogen-bond donors (Lipinski definition) is 0. The van der Waals surface area contributed by atoms with Crippen LogP contribution in [-0.4, -0.2) is 5.97 Å². The second-order valence-corrected chi connectivity index (χ2v) is 4.59. The summed E-state index contributed by atoms with van der Waals surface area (Å²) in [5.41, 5.74) is 0.498. The Morgan fingerprint density at radius 2 is 1.48 bits per heavy atom. The predicted octanol–water partition coefficient (Wildman–Crippen LogP) is 4.59. The van der Waals surface area contributed by atoms with Crippen molar-refractivity contribution in [1.29, 1.82) is 0 Å². The highest BCUT2D eigenvalue weighted by atomic mass is 35.5. The van der Waals surface area contributed by atoms with Crippen molar-refractivity contribution in [3.8, 4) is 11.5 Å². The van der Waals surface area contributed by atoms with Crippen LogP contribution >= 0.6 is 11.9 Å². The van der Waals surface area contributed by atoms with Crippen molar-refractivity contribution >= 4 is 28.6 Å².